The molecular formula is C29H32F3N3O. The fourth-order valence-electron chi connectivity index (χ4n) is 5.23. The van der Waals surface area contributed by atoms with Gasteiger partial charge in [0.25, 0.3) is 0 Å². The maximum absolute atomic E-state index is 13.7. The fraction of sp³-hybridized carbons (Fsp3) is 0.414. The maximum Gasteiger partial charge on any atom is 0.395 e. The monoisotopic (exact) mass is 495 g/mol. The fourth-order valence-corrected chi connectivity index (χ4v) is 5.23. The van der Waals surface area contributed by atoms with E-state index in [2.05, 4.69) is 29.5 Å². The van der Waals surface area contributed by atoms with Gasteiger partial charge in [-0.15, -0.1) is 0 Å². The Morgan fingerprint density at radius 3 is 2.47 bits per heavy atom. The van der Waals surface area contributed by atoms with Gasteiger partial charge in [-0.05, 0) is 59.6 Å². The van der Waals surface area contributed by atoms with Crippen molar-refractivity contribution in [1.82, 2.24) is 9.78 Å². The van der Waals surface area contributed by atoms with Crippen LogP contribution in [0.4, 0.5) is 19.0 Å². The predicted octanol–water partition coefficient (Wildman–Crippen LogP) is 7.99. The zero-order chi connectivity index (χ0) is 25.5. The standard InChI is InChI=1S/C29H32F3N3O/c1-4-12-28(13-14-28)36-24-10-8-20(9-11-24)23-16-33-27-25(17-34-35(27)18-23)21-6-5-7-22(15-21)26(19(2)3)29(30,31)32/h5-11,15,17-19,26,33H,4,12-14,16H2,1-3H3. The van der Waals surface area contributed by atoms with Crippen LogP contribution in [0, 0.1) is 5.92 Å². The van der Waals surface area contributed by atoms with E-state index in [1.165, 1.54) is 0 Å². The van der Waals surface area contributed by atoms with Gasteiger partial charge in [-0.1, -0.05) is 63.6 Å². The molecular weight excluding hydrogens is 463 g/mol. The number of hydrogen-bond donors (Lipinski definition) is 1. The summed E-state index contributed by atoms with van der Waals surface area (Å²) < 4.78 is 49.1. The van der Waals surface area contributed by atoms with Gasteiger partial charge in [0.05, 0.1) is 12.1 Å². The minimum Gasteiger partial charge on any atom is -0.487 e. The Balaban J connectivity index is 1.37. The number of aromatic nitrogens is 2. The molecule has 0 bridgehead atoms. The quantitative estimate of drug-likeness (QED) is 0.344. The Morgan fingerprint density at radius 1 is 1.08 bits per heavy atom. The van der Waals surface area contributed by atoms with E-state index < -0.39 is 18.0 Å². The number of alkyl halides is 3. The molecule has 4 nitrogen and oxygen atoms in total. The summed E-state index contributed by atoms with van der Waals surface area (Å²) in [7, 11) is 0. The molecule has 36 heavy (non-hydrogen) atoms. The molecule has 190 valence electrons. The number of benzene rings is 2. The molecule has 1 aliphatic heterocycles. The first-order valence-electron chi connectivity index (χ1n) is 12.7. The molecule has 1 unspecified atom stereocenters. The van der Waals surface area contributed by atoms with E-state index in [-0.39, 0.29) is 11.2 Å². The number of fused-ring (bicyclic) bond motifs is 1. The summed E-state index contributed by atoms with van der Waals surface area (Å²) in [5.41, 5.74) is 3.96. The lowest BCUT2D eigenvalue weighted by molar-refractivity contribution is -0.159. The number of anilines is 1. The number of rotatable bonds is 8. The van der Waals surface area contributed by atoms with E-state index in [0.29, 0.717) is 6.54 Å². The molecule has 1 saturated carbocycles. The Labute approximate surface area is 210 Å². The summed E-state index contributed by atoms with van der Waals surface area (Å²) in [6.07, 6.45) is 3.84. The van der Waals surface area contributed by atoms with Gasteiger partial charge in [0.15, 0.2) is 0 Å². The Hall–Kier alpha value is -3.22. The van der Waals surface area contributed by atoms with Crippen LogP contribution in [0.5, 0.6) is 5.75 Å². The highest BCUT2D eigenvalue weighted by Crippen LogP contribution is 2.44. The molecule has 7 heteroatoms. The van der Waals surface area contributed by atoms with E-state index in [9.17, 15) is 13.2 Å². The molecule has 2 aliphatic rings. The lowest BCUT2D eigenvalue weighted by atomic mass is 9.86. The Morgan fingerprint density at radius 2 is 1.83 bits per heavy atom. The Kier molecular flexibility index (Phi) is 6.35. The van der Waals surface area contributed by atoms with Crippen molar-refractivity contribution in [2.45, 2.75) is 64.1 Å². The third-order valence-corrected chi connectivity index (χ3v) is 7.17. The SMILES string of the molecule is CCCC1(Oc2ccc(C3=Cn4ncc(-c5cccc(C(C(C)C)C(F)(F)F)c5)c4NC3)cc2)CC1. The van der Waals surface area contributed by atoms with Gasteiger partial charge in [0.1, 0.15) is 17.2 Å². The molecule has 0 spiro atoms. The highest BCUT2D eigenvalue weighted by atomic mass is 19.4. The van der Waals surface area contributed by atoms with Crippen LogP contribution in [0.2, 0.25) is 0 Å². The summed E-state index contributed by atoms with van der Waals surface area (Å²) in [6, 6.07) is 14.9. The van der Waals surface area contributed by atoms with Crippen molar-refractivity contribution >= 4 is 17.6 Å². The van der Waals surface area contributed by atoms with E-state index >= 15 is 0 Å². The number of nitrogens with one attached hydrogen (secondary N) is 1. The summed E-state index contributed by atoms with van der Waals surface area (Å²) in [4.78, 5) is 0. The van der Waals surface area contributed by atoms with Crippen LogP contribution in [0.1, 0.15) is 63.5 Å². The van der Waals surface area contributed by atoms with Crippen LogP contribution in [0.15, 0.2) is 54.7 Å². The molecule has 0 radical (unpaired) electrons. The van der Waals surface area contributed by atoms with Crippen LogP contribution in [-0.2, 0) is 0 Å². The van der Waals surface area contributed by atoms with Gasteiger partial charge in [-0.25, -0.2) is 4.68 Å². The molecule has 0 saturated heterocycles. The lowest BCUT2D eigenvalue weighted by Gasteiger charge is -2.25. The molecule has 0 amide bonds. The van der Waals surface area contributed by atoms with Crippen molar-refractivity contribution in [2.75, 3.05) is 11.9 Å². The highest BCUT2D eigenvalue weighted by molar-refractivity contribution is 5.86. The number of ether oxygens (including phenoxy) is 1. The van der Waals surface area contributed by atoms with E-state index in [4.69, 9.17) is 4.74 Å². The van der Waals surface area contributed by atoms with E-state index in [0.717, 1.165) is 59.5 Å². The van der Waals surface area contributed by atoms with Gasteiger partial charge in [-0.3, -0.25) is 0 Å². The molecule has 2 heterocycles. The van der Waals surface area contributed by atoms with Crippen LogP contribution in [-0.4, -0.2) is 28.1 Å². The lowest BCUT2D eigenvalue weighted by Crippen LogP contribution is -2.25. The smallest absolute Gasteiger partial charge is 0.395 e. The molecule has 5 rings (SSSR count). The summed E-state index contributed by atoms with van der Waals surface area (Å²) in [6.45, 7) is 5.99. The van der Waals surface area contributed by atoms with E-state index in [1.54, 1.807) is 42.9 Å². The first-order valence-corrected chi connectivity index (χ1v) is 12.7. The average molecular weight is 496 g/mol. The molecule has 1 aliphatic carbocycles. The van der Waals surface area contributed by atoms with Crippen molar-refractivity contribution in [2.24, 2.45) is 5.92 Å². The van der Waals surface area contributed by atoms with Crippen molar-refractivity contribution in [3.63, 3.8) is 0 Å². The summed E-state index contributed by atoms with van der Waals surface area (Å²) in [5.74, 6) is -0.385. The molecule has 2 aromatic carbocycles. The second-order valence-corrected chi connectivity index (χ2v) is 10.3. The highest BCUT2D eigenvalue weighted by Gasteiger charge is 2.44. The number of nitrogens with zero attached hydrogens (tertiary/aromatic N) is 2. The van der Waals surface area contributed by atoms with Gasteiger partial charge in [0.2, 0.25) is 0 Å². The topological polar surface area (TPSA) is 39.1 Å². The first kappa shape index (κ1) is 24.5. The molecule has 1 N–H and O–H groups in total. The minimum absolute atomic E-state index is 0.0366. The van der Waals surface area contributed by atoms with Crippen molar-refractivity contribution in [3.05, 3.63) is 65.9 Å². The minimum atomic E-state index is -4.29. The molecule has 1 aromatic heterocycles. The molecule has 1 atom stereocenters. The normalized spacial score (nSPS) is 17.2. The zero-order valence-corrected chi connectivity index (χ0v) is 20.9. The van der Waals surface area contributed by atoms with E-state index in [1.807, 2.05) is 24.4 Å². The zero-order valence-electron chi connectivity index (χ0n) is 20.9. The summed E-state index contributed by atoms with van der Waals surface area (Å²) >= 11 is 0. The second-order valence-electron chi connectivity index (χ2n) is 10.3. The maximum atomic E-state index is 13.7. The molecule has 1 fully saturated rings. The number of halogens is 3. The third kappa shape index (κ3) is 4.88. The number of hydrogen-bond acceptors (Lipinski definition) is 3. The third-order valence-electron chi connectivity index (χ3n) is 7.17. The second kappa shape index (κ2) is 9.34. The summed E-state index contributed by atoms with van der Waals surface area (Å²) in [5, 5.41) is 7.91. The van der Waals surface area contributed by atoms with Gasteiger partial charge in [0, 0.05) is 18.3 Å². The van der Waals surface area contributed by atoms with Crippen molar-refractivity contribution < 1.29 is 17.9 Å². The Bertz CT molecular complexity index is 1250. The predicted molar refractivity (Wildman–Crippen MR) is 138 cm³/mol. The van der Waals surface area contributed by atoms with Crippen LogP contribution < -0.4 is 10.1 Å². The van der Waals surface area contributed by atoms with Crippen LogP contribution >= 0.6 is 0 Å². The van der Waals surface area contributed by atoms with Crippen molar-refractivity contribution in [3.8, 4) is 16.9 Å². The largest absolute Gasteiger partial charge is 0.487 e. The molecule has 3 aromatic rings. The average Bonchev–Trinajstić information content (AvgIpc) is 3.44. The van der Waals surface area contributed by atoms with Gasteiger partial charge >= 0.3 is 6.18 Å². The van der Waals surface area contributed by atoms with Gasteiger partial charge < -0.3 is 10.1 Å². The van der Waals surface area contributed by atoms with Crippen molar-refractivity contribution in [1.29, 1.82) is 0 Å². The van der Waals surface area contributed by atoms with Gasteiger partial charge in [-0.2, -0.15) is 18.3 Å². The van der Waals surface area contributed by atoms with Crippen LogP contribution in [0.3, 0.4) is 0 Å². The first-order chi connectivity index (χ1) is 17.2. The van der Waals surface area contributed by atoms with Crippen LogP contribution in [0.25, 0.3) is 22.9 Å².